The molecule has 0 aliphatic heterocycles. The van der Waals surface area contributed by atoms with Crippen LogP contribution < -0.4 is 11.1 Å². The average Bonchev–Trinajstić information content (AvgIpc) is 2.77. The summed E-state index contributed by atoms with van der Waals surface area (Å²) >= 11 is 0. The molecule has 0 radical (unpaired) electrons. The van der Waals surface area contributed by atoms with Gasteiger partial charge in [0.05, 0.1) is 17.2 Å². The Kier molecular flexibility index (Phi) is 5.15. The van der Waals surface area contributed by atoms with Gasteiger partial charge in [-0.25, -0.2) is 0 Å². The van der Waals surface area contributed by atoms with Crippen LogP contribution in [-0.2, 0) is 11.2 Å². The Labute approximate surface area is 173 Å². The van der Waals surface area contributed by atoms with E-state index >= 15 is 0 Å². The smallest absolute Gasteiger partial charge is 0.253 e. The molecule has 146 valence electrons. The number of nitriles is 1. The number of rotatable bonds is 5. The second kappa shape index (κ2) is 8.06. The molecule has 0 saturated heterocycles. The lowest BCUT2D eigenvalue weighted by Crippen LogP contribution is -2.46. The maximum atomic E-state index is 13.3. The summed E-state index contributed by atoms with van der Waals surface area (Å²) in [5, 5.41) is 15.6. The van der Waals surface area contributed by atoms with Gasteiger partial charge >= 0.3 is 0 Å². The van der Waals surface area contributed by atoms with E-state index in [-0.39, 0.29) is 12.3 Å². The van der Waals surface area contributed by atoms with E-state index in [0.29, 0.717) is 16.7 Å². The summed E-state index contributed by atoms with van der Waals surface area (Å²) in [6, 6.07) is 25.5. The zero-order valence-corrected chi connectivity index (χ0v) is 16.1. The zero-order chi connectivity index (χ0) is 21.1. The summed E-state index contributed by atoms with van der Waals surface area (Å²) < 4.78 is 0. The quantitative estimate of drug-likeness (QED) is 0.506. The van der Waals surface area contributed by atoms with Crippen molar-refractivity contribution in [1.82, 2.24) is 5.32 Å². The highest BCUT2D eigenvalue weighted by atomic mass is 16.2. The number of hydrogen-bond acceptors (Lipinski definition) is 3. The molecule has 5 nitrogen and oxygen atoms in total. The Hall–Kier alpha value is -4.17. The molecule has 4 aromatic rings. The Balaban J connectivity index is 1.75. The van der Waals surface area contributed by atoms with Crippen molar-refractivity contribution in [1.29, 1.82) is 5.26 Å². The summed E-state index contributed by atoms with van der Waals surface area (Å²) in [6.45, 7) is 0. The molecule has 0 fully saturated rings. The highest BCUT2D eigenvalue weighted by Gasteiger charge is 2.23. The molecule has 0 aliphatic carbocycles. The second-order valence-electron chi connectivity index (χ2n) is 7.10. The van der Waals surface area contributed by atoms with Gasteiger partial charge < -0.3 is 11.1 Å². The van der Waals surface area contributed by atoms with Crippen molar-refractivity contribution in [2.45, 2.75) is 12.5 Å². The number of primary amides is 1. The number of fused-ring (bicyclic) bond motifs is 2. The molecule has 0 spiro atoms. The van der Waals surface area contributed by atoms with Crippen LogP contribution in [0.2, 0.25) is 0 Å². The van der Waals surface area contributed by atoms with Crippen LogP contribution in [0.25, 0.3) is 21.5 Å². The first-order valence-electron chi connectivity index (χ1n) is 9.57. The predicted molar refractivity (Wildman–Crippen MR) is 117 cm³/mol. The number of nitrogens with zero attached hydrogens (tertiary/aromatic N) is 1. The molecule has 0 unspecified atom stereocenters. The number of amides is 2. The second-order valence-corrected chi connectivity index (χ2v) is 7.10. The minimum absolute atomic E-state index is 0.146. The zero-order valence-electron chi connectivity index (χ0n) is 16.1. The van der Waals surface area contributed by atoms with Gasteiger partial charge in [0.1, 0.15) is 6.04 Å². The molecule has 0 aliphatic rings. The van der Waals surface area contributed by atoms with Crippen LogP contribution in [0.5, 0.6) is 0 Å². The number of carbonyl (C=O) groups excluding carboxylic acids is 2. The summed E-state index contributed by atoms with van der Waals surface area (Å²) in [6.07, 6.45) is 0.146. The summed E-state index contributed by atoms with van der Waals surface area (Å²) in [5.74, 6) is -1.03. The van der Waals surface area contributed by atoms with Crippen molar-refractivity contribution in [3.05, 3.63) is 95.6 Å². The van der Waals surface area contributed by atoms with Crippen molar-refractivity contribution < 1.29 is 9.59 Å². The van der Waals surface area contributed by atoms with Gasteiger partial charge in [-0.2, -0.15) is 5.26 Å². The molecule has 1 atom stereocenters. The number of nitrogens with one attached hydrogen (secondary N) is 1. The lowest BCUT2D eigenvalue weighted by atomic mass is 9.95. The highest BCUT2D eigenvalue weighted by molar-refractivity contribution is 6.18. The van der Waals surface area contributed by atoms with Gasteiger partial charge in [0.2, 0.25) is 5.91 Å². The first-order chi connectivity index (χ1) is 14.6. The lowest BCUT2D eigenvalue weighted by molar-refractivity contribution is -0.119. The third-order valence-electron chi connectivity index (χ3n) is 5.21. The number of carbonyl (C=O) groups is 2. The molecule has 2 amide bonds. The van der Waals surface area contributed by atoms with Crippen LogP contribution in [0.15, 0.2) is 78.9 Å². The summed E-state index contributed by atoms with van der Waals surface area (Å²) in [4.78, 5) is 25.5. The number of nitrogens with two attached hydrogens (primary N) is 1. The molecular formula is C25H19N3O2. The fourth-order valence-electron chi connectivity index (χ4n) is 3.74. The predicted octanol–water partition coefficient (Wildman–Crippen LogP) is 3.69. The number of benzene rings is 4. The minimum atomic E-state index is -0.940. The van der Waals surface area contributed by atoms with E-state index in [9.17, 15) is 14.9 Å². The van der Waals surface area contributed by atoms with E-state index in [4.69, 9.17) is 5.73 Å². The topological polar surface area (TPSA) is 96.0 Å². The Bertz CT molecular complexity index is 1270. The Morgan fingerprint density at radius 1 is 0.900 bits per heavy atom. The Morgan fingerprint density at radius 2 is 1.47 bits per heavy atom. The lowest BCUT2D eigenvalue weighted by Gasteiger charge is -2.18. The van der Waals surface area contributed by atoms with Gasteiger partial charge in [-0.05, 0) is 39.2 Å². The molecule has 30 heavy (non-hydrogen) atoms. The highest BCUT2D eigenvalue weighted by Crippen LogP contribution is 2.28. The standard InChI is InChI=1S/C25H19N3O2/c26-15-19-10-2-1-7-16(19)14-22(24(27)29)28-25(30)23-20-11-5-3-8-17(20)13-18-9-4-6-12-21(18)23/h1-13,22H,14H2,(H2,27,29)(H,28,30)/t22-/m1/s1. The molecular weight excluding hydrogens is 374 g/mol. The van der Waals surface area contributed by atoms with Gasteiger partial charge in [-0.1, -0.05) is 66.7 Å². The van der Waals surface area contributed by atoms with E-state index in [2.05, 4.69) is 11.4 Å². The molecule has 0 aromatic heterocycles. The van der Waals surface area contributed by atoms with E-state index in [1.807, 2.05) is 54.6 Å². The van der Waals surface area contributed by atoms with E-state index in [1.165, 1.54) is 0 Å². The molecule has 3 N–H and O–H groups in total. The minimum Gasteiger partial charge on any atom is -0.368 e. The van der Waals surface area contributed by atoms with Crippen molar-refractivity contribution in [2.75, 3.05) is 0 Å². The molecule has 4 rings (SSSR count). The monoisotopic (exact) mass is 393 g/mol. The molecule has 4 aromatic carbocycles. The SMILES string of the molecule is N#Cc1ccccc1C[C@@H](NC(=O)c1c2ccccc2cc2ccccc12)C(N)=O. The van der Waals surface area contributed by atoms with Crippen LogP contribution in [0.3, 0.4) is 0 Å². The summed E-state index contributed by atoms with van der Waals surface area (Å²) in [7, 11) is 0. The van der Waals surface area contributed by atoms with E-state index in [0.717, 1.165) is 21.5 Å². The normalized spacial score (nSPS) is 11.7. The van der Waals surface area contributed by atoms with Crippen LogP contribution in [0.4, 0.5) is 0 Å². The fourth-order valence-corrected chi connectivity index (χ4v) is 3.74. The van der Waals surface area contributed by atoms with E-state index < -0.39 is 11.9 Å². The van der Waals surface area contributed by atoms with Crippen molar-refractivity contribution in [2.24, 2.45) is 5.73 Å². The van der Waals surface area contributed by atoms with Gasteiger partial charge in [-0.3, -0.25) is 9.59 Å². The van der Waals surface area contributed by atoms with Crippen molar-refractivity contribution in [3.8, 4) is 6.07 Å². The van der Waals surface area contributed by atoms with Crippen LogP contribution in [0.1, 0.15) is 21.5 Å². The van der Waals surface area contributed by atoms with Crippen LogP contribution in [-0.4, -0.2) is 17.9 Å². The number of hydrogen-bond donors (Lipinski definition) is 2. The third kappa shape index (κ3) is 3.59. The van der Waals surface area contributed by atoms with E-state index in [1.54, 1.807) is 24.3 Å². The van der Waals surface area contributed by atoms with Crippen LogP contribution >= 0.6 is 0 Å². The largest absolute Gasteiger partial charge is 0.368 e. The van der Waals surface area contributed by atoms with Gasteiger partial charge in [0, 0.05) is 6.42 Å². The first kappa shape index (κ1) is 19.2. The third-order valence-corrected chi connectivity index (χ3v) is 5.21. The van der Waals surface area contributed by atoms with Crippen molar-refractivity contribution in [3.63, 3.8) is 0 Å². The van der Waals surface area contributed by atoms with Crippen LogP contribution in [0, 0.1) is 11.3 Å². The summed E-state index contributed by atoms with van der Waals surface area (Å²) in [5.41, 5.74) is 7.21. The fraction of sp³-hybridized carbons (Fsp3) is 0.0800. The average molecular weight is 393 g/mol. The van der Waals surface area contributed by atoms with Gasteiger partial charge in [-0.15, -0.1) is 0 Å². The van der Waals surface area contributed by atoms with Crippen molar-refractivity contribution >= 4 is 33.4 Å². The molecule has 5 heteroatoms. The maximum absolute atomic E-state index is 13.3. The Morgan fingerprint density at radius 3 is 2.07 bits per heavy atom. The maximum Gasteiger partial charge on any atom is 0.253 e. The molecule has 0 saturated carbocycles. The van der Waals surface area contributed by atoms with Gasteiger partial charge in [0.15, 0.2) is 0 Å². The molecule has 0 bridgehead atoms. The van der Waals surface area contributed by atoms with Gasteiger partial charge in [0.25, 0.3) is 5.91 Å². The molecule has 0 heterocycles. The first-order valence-corrected chi connectivity index (χ1v) is 9.57.